The molecule has 0 bridgehead atoms. The molecule has 1 N–H and O–H groups in total. The highest BCUT2D eigenvalue weighted by Crippen LogP contribution is 2.32. The van der Waals surface area contributed by atoms with Crippen molar-refractivity contribution in [1.29, 1.82) is 0 Å². The fourth-order valence-corrected chi connectivity index (χ4v) is 2.68. The highest BCUT2D eigenvalue weighted by molar-refractivity contribution is 7.99. The minimum Gasteiger partial charge on any atom is -0.490 e. The predicted octanol–water partition coefficient (Wildman–Crippen LogP) is 4.00. The summed E-state index contributed by atoms with van der Waals surface area (Å²) in [4.78, 5) is 20.5. The quantitative estimate of drug-likeness (QED) is 0.440. The number of carbonyl (C=O) groups excluding carboxylic acids is 1. The molecule has 0 fully saturated rings. The molecule has 28 heavy (non-hydrogen) atoms. The van der Waals surface area contributed by atoms with Gasteiger partial charge in [-0.2, -0.15) is 13.8 Å². The zero-order valence-corrected chi connectivity index (χ0v) is 16.3. The molecule has 10 heteroatoms. The molecular formula is C18H21F2N3O4S. The molecule has 0 spiro atoms. The molecule has 152 valence electrons. The van der Waals surface area contributed by atoms with Gasteiger partial charge in [-0.15, -0.1) is 0 Å². The first-order chi connectivity index (χ1) is 13.5. The number of hydrogen-bond acceptors (Lipinski definition) is 7. The highest BCUT2D eigenvalue weighted by atomic mass is 32.2. The number of halogens is 2. The van der Waals surface area contributed by atoms with E-state index in [9.17, 15) is 13.6 Å². The molecule has 1 aromatic heterocycles. The number of nitrogens with one attached hydrogen (secondary N) is 1. The number of benzene rings is 1. The maximum Gasteiger partial charge on any atom is 0.387 e. The van der Waals surface area contributed by atoms with Gasteiger partial charge in [0.2, 0.25) is 11.8 Å². The lowest BCUT2D eigenvalue weighted by atomic mass is 10.2. The Labute approximate surface area is 165 Å². The molecule has 0 unspecified atom stereocenters. The SMILES string of the molecule is CCCOc1ccnc(SCC(=O)Nc2ccc(OC(F)F)c(OCC)c2)n1. The molecule has 0 saturated heterocycles. The van der Waals surface area contributed by atoms with E-state index in [1.807, 2.05) is 6.92 Å². The average Bonchev–Trinajstić information content (AvgIpc) is 2.67. The van der Waals surface area contributed by atoms with Crippen LogP contribution >= 0.6 is 11.8 Å². The van der Waals surface area contributed by atoms with Crippen LogP contribution in [-0.4, -0.2) is 41.5 Å². The van der Waals surface area contributed by atoms with Gasteiger partial charge in [0, 0.05) is 24.0 Å². The average molecular weight is 413 g/mol. The lowest BCUT2D eigenvalue weighted by Gasteiger charge is -2.13. The minimum absolute atomic E-state index is 0.0660. The maximum absolute atomic E-state index is 12.4. The van der Waals surface area contributed by atoms with Crippen LogP contribution in [-0.2, 0) is 4.79 Å². The van der Waals surface area contributed by atoms with Crippen LogP contribution in [0.2, 0.25) is 0 Å². The van der Waals surface area contributed by atoms with E-state index in [1.54, 1.807) is 19.2 Å². The number of ether oxygens (including phenoxy) is 3. The molecule has 0 atom stereocenters. The van der Waals surface area contributed by atoms with Crippen molar-refractivity contribution in [3.63, 3.8) is 0 Å². The first-order valence-electron chi connectivity index (χ1n) is 8.62. The molecular weight excluding hydrogens is 392 g/mol. The molecule has 1 heterocycles. The monoisotopic (exact) mass is 413 g/mol. The molecule has 0 aliphatic heterocycles. The predicted molar refractivity (Wildman–Crippen MR) is 101 cm³/mol. The standard InChI is InChI=1S/C18H21F2N3O4S/c1-3-9-26-16-7-8-21-18(23-16)28-11-15(24)22-12-5-6-13(27-17(19)20)14(10-12)25-4-2/h5-8,10,17H,3-4,9,11H2,1-2H3,(H,22,24). The van der Waals surface area contributed by atoms with Crippen LogP contribution in [0, 0.1) is 0 Å². The molecule has 2 aromatic rings. The molecule has 2 rings (SSSR count). The Balaban J connectivity index is 1.94. The fourth-order valence-electron chi connectivity index (χ4n) is 2.06. The van der Waals surface area contributed by atoms with Crippen LogP contribution < -0.4 is 19.5 Å². The summed E-state index contributed by atoms with van der Waals surface area (Å²) in [7, 11) is 0. The third-order valence-electron chi connectivity index (χ3n) is 3.14. The van der Waals surface area contributed by atoms with E-state index in [0.717, 1.165) is 18.2 Å². The summed E-state index contributed by atoms with van der Waals surface area (Å²) in [6.07, 6.45) is 2.42. The summed E-state index contributed by atoms with van der Waals surface area (Å²) in [5.74, 6) is 0.240. The highest BCUT2D eigenvalue weighted by Gasteiger charge is 2.13. The van der Waals surface area contributed by atoms with Gasteiger partial charge in [-0.1, -0.05) is 18.7 Å². The normalized spacial score (nSPS) is 10.6. The van der Waals surface area contributed by atoms with Gasteiger partial charge in [-0.25, -0.2) is 4.98 Å². The Bertz CT molecular complexity index is 780. The summed E-state index contributed by atoms with van der Waals surface area (Å²) in [6, 6.07) is 5.85. The Hall–Kier alpha value is -2.62. The Morgan fingerprint density at radius 2 is 2.04 bits per heavy atom. The van der Waals surface area contributed by atoms with Crippen molar-refractivity contribution < 1.29 is 27.8 Å². The number of alkyl halides is 2. The molecule has 1 amide bonds. The molecule has 7 nitrogen and oxygen atoms in total. The van der Waals surface area contributed by atoms with Crippen molar-refractivity contribution in [3.05, 3.63) is 30.5 Å². The van der Waals surface area contributed by atoms with Crippen LogP contribution in [0.4, 0.5) is 14.5 Å². The topological polar surface area (TPSA) is 82.6 Å². The van der Waals surface area contributed by atoms with E-state index in [4.69, 9.17) is 9.47 Å². The van der Waals surface area contributed by atoms with E-state index in [-0.39, 0.29) is 29.8 Å². The fraction of sp³-hybridized carbons (Fsp3) is 0.389. The van der Waals surface area contributed by atoms with Gasteiger partial charge in [0.15, 0.2) is 16.7 Å². The van der Waals surface area contributed by atoms with Crippen molar-refractivity contribution in [1.82, 2.24) is 9.97 Å². The molecule has 0 aliphatic rings. The van der Waals surface area contributed by atoms with Crippen molar-refractivity contribution in [2.24, 2.45) is 0 Å². The Morgan fingerprint density at radius 3 is 2.75 bits per heavy atom. The van der Waals surface area contributed by atoms with Gasteiger partial charge in [0.05, 0.1) is 19.0 Å². The number of hydrogen-bond donors (Lipinski definition) is 1. The van der Waals surface area contributed by atoms with Crippen LogP contribution in [0.25, 0.3) is 0 Å². The van der Waals surface area contributed by atoms with Gasteiger partial charge < -0.3 is 19.5 Å². The lowest BCUT2D eigenvalue weighted by molar-refractivity contribution is -0.113. The molecule has 1 aromatic carbocycles. The summed E-state index contributed by atoms with van der Waals surface area (Å²) in [6.45, 7) is 1.56. The van der Waals surface area contributed by atoms with Crippen LogP contribution in [0.5, 0.6) is 17.4 Å². The van der Waals surface area contributed by atoms with Crippen LogP contribution in [0.3, 0.4) is 0 Å². The summed E-state index contributed by atoms with van der Waals surface area (Å²) in [5.41, 5.74) is 0.400. The van der Waals surface area contributed by atoms with Gasteiger partial charge >= 0.3 is 6.61 Å². The van der Waals surface area contributed by atoms with Gasteiger partial charge in [0.25, 0.3) is 0 Å². The van der Waals surface area contributed by atoms with Gasteiger partial charge in [0.1, 0.15) is 0 Å². The number of anilines is 1. The van der Waals surface area contributed by atoms with E-state index >= 15 is 0 Å². The lowest BCUT2D eigenvalue weighted by Crippen LogP contribution is -2.14. The minimum atomic E-state index is -2.96. The maximum atomic E-state index is 12.4. The van der Waals surface area contributed by atoms with Gasteiger partial charge in [-0.3, -0.25) is 4.79 Å². The van der Waals surface area contributed by atoms with Gasteiger partial charge in [-0.05, 0) is 25.5 Å². The van der Waals surface area contributed by atoms with E-state index in [0.29, 0.717) is 23.3 Å². The first kappa shape index (κ1) is 21.7. The number of carbonyl (C=O) groups is 1. The summed E-state index contributed by atoms with van der Waals surface area (Å²) in [5, 5.41) is 3.09. The largest absolute Gasteiger partial charge is 0.490 e. The molecule has 0 saturated carbocycles. The van der Waals surface area contributed by atoms with Crippen molar-refractivity contribution in [2.75, 3.05) is 24.3 Å². The number of nitrogens with zero attached hydrogens (tertiary/aromatic N) is 2. The van der Waals surface area contributed by atoms with Crippen LogP contribution in [0.1, 0.15) is 20.3 Å². The first-order valence-corrected chi connectivity index (χ1v) is 9.60. The Morgan fingerprint density at radius 1 is 1.21 bits per heavy atom. The van der Waals surface area contributed by atoms with Crippen LogP contribution in [0.15, 0.2) is 35.6 Å². The van der Waals surface area contributed by atoms with E-state index < -0.39 is 6.61 Å². The zero-order chi connectivity index (χ0) is 20.4. The second-order valence-electron chi connectivity index (χ2n) is 5.34. The van der Waals surface area contributed by atoms with E-state index in [2.05, 4.69) is 20.0 Å². The summed E-state index contributed by atoms with van der Waals surface area (Å²) >= 11 is 1.15. The zero-order valence-electron chi connectivity index (χ0n) is 15.5. The van der Waals surface area contributed by atoms with Crippen molar-refractivity contribution >= 4 is 23.4 Å². The van der Waals surface area contributed by atoms with Crippen molar-refractivity contribution in [3.8, 4) is 17.4 Å². The number of thioether (sulfide) groups is 1. The molecule has 0 aliphatic carbocycles. The van der Waals surface area contributed by atoms with Crippen molar-refractivity contribution in [2.45, 2.75) is 32.0 Å². The smallest absolute Gasteiger partial charge is 0.387 e. The summed E-state index contributed by atoms with van der Waals surface area (Å²) < 4.78 is 40.0. The number of amides is 1. The number of rotatable bonds is 11. The second-order valence-corrected chi connectivity index (χ2v) is 6.28. The third kappa shape index (κ3) is 7.18. The molecule has 0 radical (unpaired) electrons. The third-order valence-corrected chi connectivity index (χ3v) is 4.00. The number of aromatic nitrogens is 2. The second kappa shape index (κ2) is 11.3. The Kier molecular flexibility index (Phi) is 8.73. The van der Waals surface area contributed by atoms with E-state index in [1.165, 1.54) is 18.2 Å².